The van der Waals surface area contributed by atoms with Gasteiger partial charge in [-0.25, -0.2) is 4.39 Å². The number of anilines is 1. The Balaban J connectivity index is 1.49. The molecule has 1 fully saturated rings. The second-order valence-corrected chi connectivity index (χ2v) is 9.32. The number of ether oxygens (including phenoxy) is 1. The number of piperidine rings is 1. The molecule has 1 saturated heterocycles. The molecule has 1 aliphatic carbocycles. The van der Waals surface area contributed by atoms with Crippen molar-refractivity contribution >= 4 is 34.3 Å². The first-order chi connectivity index (χ1) is 16.6. The van der Waals surface area contributed by atoms with E-state index in [0.29, 0.717) is 22.8 Å². The Morgan fingerprint density at radius 2 is 1.74 bits per heavy atom. The minimum atomic E-state index is -0.275. The Bertz CT molecular complexity index is 1250. The summed E-state index contributed by atoms with van der Waals surface area (Å²) in [5, 5.41) is 0.639. The van der Waals surface area contributed by atoms with E-state index in [2.05, 4.69) is 12.1 Å². The van der Waals surface area contributed by atoms with Crippen LogP contribution in [0.1, 0.15) is 55.2 Å². The highest BCUT2D eigenvalue weighted by Gasteiger charge is 2.23. The summed E-state index contributed by atoms with van der Waals surface area (Å²) >= 11 is 6.39. The molecule has 1 aliphatic heterocycles. The molecule has 3 aromatic carbocycles. The Hall–Kier alpha value is -3.11. The van der Waals surface area contributed by atoms with Crippen LogP contribution in [-0.2, 0) is 11.4 Å². The van der Waals surface area contributed by atoms with Crippen LogP contribution in [0.25, 0.3) is 11.1 Å². The van der Waals surface area contributed by atoms with Gasteiger partial charge in [-0.05, 0) is 85.2 Å². The van der Waals surface area contributed by atoms with Crippen LogP contribution in [0.3, 0.4) is 0 Å². The molecule has 174 valence electrons. The Morgan fingerprint density at radius 1 is 0.882 bits per heavy atom. The zero-order chi connectivity index (χ0) is 23.5. The number of hydrogen-bond donors (Lipinski definition) is 0. The molecule has 0 aromatic heterocycles. The normalized spacial score (nSPS) is 16.3. The molecule has 5 rings (SSSR count). The van der Waals surface area contributed by atoms with Crippen LogP contribution < -0.4 is 9.64 Å². The van der Waals surface area contributed by atoms with E-state index in [-0.39, 0.29) is 18.3 Å². The SMILES string of the molecule is O=C1CCCCN1c1cccc(C2=C(c3cc(Cl)ccc3OCc3ccccc3F)CCC2)c1. The van der Waals surface area contributed by atoms with E-state index < -0.39 is 0 Å². The van der Waals surface area contributed by atoms with E-state index in [0.717, 1.165) is 55.5 Å². The summed E-state index contributed by atoms with van der Waals surface area (Å²) in [6.45, 7) is 0.924. The Kier molecular flexibility index (Phi) is 6.68. The average Bonchev–Trinajstić information content (AvgIpc) is 3.34. The van der Waals surface area contributed by atoms with Gasteiger partial charge in [-0.2, -0.15) is 0 Å². The van der Waals surface area contributed by atoms with Crippen LogP contribution in [0.15, 0.2) is 66.7 Å². The van der Waals surface area contributed by atoms with E-state index >= 15 is 0 Å². The smallest absolute Gasteiger partial charge is 0.226 e. The van der Waals surface area contributed by atoms with Crippen LogP contribution >= 0.6 is 11.6 Å². The molecule has 0 unspecified atom stereocenters. The zero-order valence-electron chi connectivity index (χ0n) is 19.0. The number of carbonyl (C=O) groups excluding carboxylic acids is 1. The zero-order valence-corrected chi connectivity index (χ0v) is 19.8. The maximum atomic E-state index is 14.1. The van der Waals surface area contributed by atoms with Gasteiger partial charge in [0.15, 0.2) is 0 Å². The minimum absolute atomic E-state index is 0.149. The molecule has 0 N–H and O–H groups in total. The number of allylic oxidation sites excluding steroid dienone is 2. The molecule has 1 amide bonds. The van der Waals surface area contributed by atoms with E-state index in [9.17, 15) is 9.18 Å². The van der Waals surface area contributed by atoms with E-state index in [4.69, 9.17) is 16.3 Å². The monoisotopic (exact) mass is 475 g/mol. The van der Waals surface area contributed by atoms with Crippen LogP contribution in [0, 0.1) is 5.82 Å². The molecule has 0 spiro atoms. The molecule has 34 heavy (non-hydrogen) atoms. The number of carbonyl (C=O) groups is 1. The van der Waals surface area contributed by atoms with Crippen molar-refractivity contribution in [1.29, 1.82) is 0 Å². The fourth-order valence-electron chi connectivity index (χ4n) is 4.93. The standard InChI is InChI=1S/C29H27ClFNO2/c30-22-14-15-28(34-19-21-7-1-2-12-27(21)31)26(18-22)25-11-6-10-24(25)20-8-5-9-23(17-20)32-16-4-3-13-29(32)33/h1-2,5,7-9,12,14-15,17-18H,3-4,6,10-11,13,16,19H2. The highest BCUT2D eigenvalue weighted by Crippen LogP contribution is 2.44. The molecule has 0 saturated carbocycles. The summed E-state index contributed by atoms with van der Waals surface area (Å²) in [6, 6.07) is 20.6. The van der Waals surface area contributed by atoms with Gasteiger partial charge >= 0.3 is 0 Å². The average molecular weight is 476 g/mol. The maximum Gasteiger partial charge on any atom is 0.226 e. The van der Waals surface area contributed by atoms with Gasteiger partial charge in [0, 0.05) is 34.8 Å². The Labute approximate surface area is 204 Å². The van der Waals surface area contributed by atoms with Gasteiger partial charge in [-0.1, -0.05) is 41.9 Å². The predicted octanol–water partition coefficient (Wildman–Crippen LogP) is 7.67. The molecule has 3 nitrogen and oxygen atoms in total. The molecule has 5 heteroatoms. The lowest BCUT2D eigenvalue weighted by Crippen LogP contribution is -2.35. The molecule has 0 radical (unpaired) electrons. The van der Waals surface area contributed by atoms with E-state index in [1.54, 1.807) is 18.2 Å². The summed E-state index contributed by atoms with van der Waals surface area (Å²) in [4.78, 5) is 14.4. The van der Waals surface area contributed by atoms with Gasteiger partial charge in [-0.15, -0.1) is 0 Å². The van der Waals surface area contributed by atoms with Gasteiger partial charge in [0.1, 0.15) is 18.2 Å². The predicted molar refractivity (Wildman–Crippen MR) is 135 cm³/mol. The summed E-state index contributed by atoms with van der Waals surface area (Å²) in [7, 11) is 0. The first-order valence-corrected chi connectivity index (χ1v) is 12.3. The number of rotatable bonds is 6. The minimum Gasteiger partial charge on any atom is -0.488 e. The van der Waals surface area contributed by atoms with Gasteiger partial charge in [-0.3, -0.25) is 4.79 Å². The lowest BCUT2D eigenvalue weighted by Gasteiger charge is -2.27. The molecule has 2 aliphatic rings. The molecule has 0 atom stereocenters. The van der Waals surface area contributed by atoms with Crippen molar-refractivity contribution in [3.8, 4) is 5.75 Å². The maximum absolute atomic E-state index is 14.1. The van der Waals surface area contributed by atoms with Crippen molar-refractivity contribution in [2.24, 2.45) is 0 Å². The molecule has 1 heterocycles. The lowest BCUT2D eigenvalue weighted by atomic mass is 9.95. The van der Waals surface area contributed by atoms with Crippen molar-refractivity contribution in [2.75, 3.05) is 11.4 Å². The van der Waals surface area contributed by atoms with Crippen molar-refractivity contribution in [3.05, 3.63) is 94.3 Å². The molecule has 0 bridgehead atoms. The molecular formula is C29H27ClFNO2. The van der Waals surface area contributed by atoms with Crippen LogP contribution in [-0.4, -0.2) is 12.5 Å². The second kappa shape index (κ2) is 10.0. The molecule has 3 aromatic rings. The molecular weight excluding hydrogens is 449 g/mol. The van der Waals surface area contributed by atoms with Gasteiger partial charge in [0.25, 0.3) is 0 Å². The van der Waals surface area contributed by atoms with Gasteiger partial charge in [0.2, 0.25) is 5.91 Å². The lowest BCUT2D eigenvalue weighted by molar-refractivity contribution is -0.119. The number of hydrogen-bond acceptors (Lipinski definition) is 2. The summed E-state index contributed by atoms with van der Waals surface area (Å²) in [5.41, 5.74) is 6.02. The quantitative estimate of drug-likeness (QED) is 0.366. The Morgan fingerprint density at radius 3 is 2.59 bits per heavy atom. The highest BCUT2D eigenvalue weighted by molar-refractivity contribution is 6.30. The third-order valence-electron chi connectivity index (χ3n) is 6.66. The first-order valence-electron chi connectivity index (χ1n) is 11.9. The third-order valence-corrected chi connectivity index (χ3v) is 6.89. The second-order valence-electron chi connectivity index (χ2n) is 8.88. The van der Waals surface area contributed by atoms with Crippen LogP contribution in [0.2, 0.25) is 5.02 Å². The number of benzene rings is 3. The van der Waals surface area contributed by atoms with Crippen molar-refractivity contribution in [1.82, 2.24) is 0 Å². The fraction of sp³-hybridized carbons (Fsp3) is 0.276. The van der Waals surface area contributed by atoms with Gasteiger partial charge in [0.05, 0.1) is 0 Å². The number of halogens is 2. The fourth-order valence-corrected chi connectivity index (χ4v) is 5.11. The largest absolute Gasteiger partial charge is 0.488 e. The first kappa shape index (κ1) is 22.7. The summed E-state index contributed by atoms with van der Waals surface area (Å²) in [5.74, 6) is 0.620. The number of amides is 1. The van der Waals surface area contributed by atoms with Crippen molar-refractivity contribution in [2.45, 2.75) is 45.1 Å². The topological polar surface area (TPSA) is 29.5 Å². The third kappa shape index (κ3) is 4.74. The summed E-state index contributed by atoms with van der Waals surface area (Å²) in [6.07, 6.45) is 5.52. The number of nitrogens with zero attached hydrogens (tertiary/aromatic N) is 1. The highest BCUT2D eigenvalue weighted by atomic mass is 35.5. The van der Waals surface area contributed by atoms with E-state index in [1.807, 2.05) is 35.2 Å². The van der Waals surface area contributed by atoms with Gasteiger partial charge < -0.3 is 9.64 Å². The van der Waals surface area contributed by atoms with Crippen LogP contribution in [0.5, 0.6) is 5.75 Å². The van der Waals surface area contributed by atoms with Crippen LogP contribution in [0.4, 0.5) is 10.1 Å². The summed E-state index contributed by atoms with van der Waals surface area (Å²) < 4.78 is 20.2. The van der Waals surface area contributed by atoms with Crippen molar-refractivity contribution in [3.63, 3.8) is 0 Å². The van der Waals surface area contributed by atoms with E-state index in [1.165, 1.54) is 17.2 Å². The van der Waals surface area contributed by atoms with Crippen molar-refractivity contribution < 1.29 is 13.9 Å².